The maximum absolute atomic E-state index is 11.6. The summed E-state index contributed by atoms with van der Waals surface area (Å²) in [4.78, 5) is 16.9. The van der Waals surface area contributed by atoms with Crippen LogP contribution < -0.4 is 9.47 Å². The van der Waals surface area contributed by atoms with Gasteiger partial charge in [-0.15, -0.1) is 5.06 Å². The van der Waals surface area contributed by atoms with Crippen molar-refractivity contribution in [2.45, 2.75) is 44.8 Å². The molecule has 1 aliphatic carbocycles. The number of carbonyl (C=O) groups is 1. The maximum atomic E-state index is 11.6. The molecule has 0 amide bonds. The Morgan fingerprint density at radius 3 is 2.41 bits per heavy atom. The number of ether oxygens (including phenoxy) is 3. The van der Waals surface area contributed by atoms with Crippen LogP contribution in [0.3, 0.4) is 0 Å². The normalized spacial score (nSPS) is 24.1. The van der Waals surface area contributed by atoms with Gasteiger partial charge in [-0.3, -0.25) is 0 Å². The number of hydrogen-bond donors (Lipinski definition) is 1. The smallest absolute Gasteiger partial charge is 0.493 e. The zero-order chi connectivity index (χ0) is 22.9. The largest absolute Gasteiger partial charge is 0.527 e. The summed E-state index contributed by atoms with van der Waals surface area (Å²) in [5.74, 6) is 1.27. The number of rotatable bonds is 6. The van der Waals surface area contributed by atoms with Crippen LogP contribution in [-0.2, 0) is 22.4 Å². The van der Waals surface area contributed by atoms with Gasteiger partial charge in [0.05, 0.1) is 20.3 Å². The summed E-state index contributed by atoms with van der Waals surface area (Å²) in [5.41, 5.74) is 3.11. The highest BCUT2D eigenvalue weighted by Gasteiger charge is 2.48. The third-order valence-electron chi connectivity index (χ3n) is 6.92. The van der Waals surface area contributed by atoms with Gasteiger partial charge < -0.3 is 24.2 Å². The third kappa shape index (κ3) is 4.27. The zero-order valence-corrected chi connectivity index (χ0v) is 19.0. The van der Waals surface area contributed by atoms with E-state index < -0.39 is 17.7 Å². The van der Waals surface area contributed by atoms with Gasteiger partial charge in [-0.2, -0.15) is 0 Å². The van der Waals surface area contributed by atoms with E-state index in [-0.39, 0.29) is 12.0 Å². The Labute approximate surface area is 188 Å². The fraction of sp³-hybridized carbons (Fsp3) is 0.480. The van der Waals surface area contributed by atoms with Gasteiger partial charge in [0.15, 0.2) is 11.5 Å². The van der Waals surface area contributed by atoms with E-state index in [9.17, 15) is 9.90 Å². The molecule has 1 N–H and O–H groups in total. The second kappa shape index (κ2) is 9.00. The van der Waals surface area contributed by atoms with Gasteiger partial charge in [-0.1, -0.05) is 37.3 Å². The summed E-state index contributed by atoms with van der Waals surface area (Å²) in [6, 6.07) is 14.3. The van der Waals surface area contributed by atoms with Crippen LogP contribution in [0.5, 0.6) is 11.5 Å². The van der Waals surface area contributed by atoms with Crippen molar-refractivity contribution in [1.29, 1.82) is 0 Å². The average molecular weight is 442 g/mol. The molecule has 0 saturated carbocycles. The first-order valence-electron chi connectivity index (χ1n) is 10.9. The molecule has 1 heterocycles. The van der Waals surface area contributed by atoms with Crippen molar-refractivity contribution >= 4 is 6.16 Å². The van der Waals surface area contributed by atoms with Crippen LogP contribution in [0.25, 0.3) is 0 Å². The number of hydroxylamine groups is 2. The summed E-state index contributed by atoms with van der Waals surface area (Å²) in [6.07, 6.45) is 0.383. The second-order valence-corrected chi connectivity index (χ2v) is 8.93. The lowest BCUT2D eigenvalue weighted by Gasteiger charge is -2.33. The van der Waals surface area contributed by atoms with Crippen LogP contribution in [0.4, 0.5) is 4.79 Å². The van der Waals surface area contributed by atoms with E-state index in [0.717, 1.165) is 18.4 Å². The Hall–Kier alpha value is -2.77. The van der Waals surface area contributed by atoms with Gasteiger partial charge in [0, 0.05) is 37.3 Å². The predicted molar refractivity (Wildman–Crippen MR) is 119 cm³/mol. The molecule has 1 aliphatic heterocycles. The van der Waals surface area contributed by atoms with Crippen LogP contribution in [0.15, 0.2) is 42.5 Å². The van der Waals surface area contributed by atoms with Crippen molar-refractivity contribution in [2.24, 2.45) is 5.41 Å². The summed E-state index contributed by atoms with van der Waals surface area (Å²) in [6.45, 7) is 4.61. The summed E-state index contributed by atoms with van der Waals surface area (Å²) in [5, 5.41) is 12.2. The van der Waals surface area contributed by atoms with E-state index in [1.165, 1.54) is 18.2 Å². The van der Waals surface area contributed by atoms with Crippen molar-refractivity contribution in [3.05, 3.63) is 59.2 Å². The standard InChI is InChI=1S/C25H31NO6/c1-16(27)25(2)15-26(32-24(28)30-4)14-21(25)19-9-10-22(29-3)23(13-19)31-20-11-17-7-5-6-8-18(17)12-20/h5-10,13,16,20-21,27H,11-12,14-15H2,1-4H3/t16-,21-,25-/m0/s1. The van der Waals surface area contributed by atoms with E-state index in [4.69, 9.17) is 14.3 Å². The van der Waals surface area contributed by atoms with Crippen LogP contribution in [-0.4, -0.2) is 55.8 Å². The van der Waals surface area contributed by atoms with Gasteiger partial charge in [0.2, 0.25) is 0 Å². The lowest BCUT2D eigenvalue weighted by atomic mass is 9.72. The highest BCUT2D eigenvalue weighted by atomic mass is 16.8. The lowest BCUT2D eigenvalue weighted by Crippen LogP contribution is -2.37. The number of hydrogen-bond acceptors (Lipinski definition) is 7. The van der Waals surface area contributed by atoms with Gasteiger partial charge in [0.1, 0.15) is 6.10 Å². The number of carbonyl (C=O) groups excluding carboxylic acids is 1. The van der Waals surface area contributed by atoms with Gasteiger partial charge in [-0.25, -0.2) is 4.79 Å². The first kappa shape index (κ1) is 22.4. The Morgan fingerprint density at radius 1 is 1.12 bits per heavy atom. The van der Waals surface area contributed by atoms with Crippen molar-refractivity contribution < 1.29 is 28.9 Å². The molecule has 1 saturated heterocycles. The Bertz CT molecular complexity index is 952. The monoisotopic (exact) mass is 441 g/mol. The van der Waals surface area contributed by atoms with Gasteiger partial charge in [0.25, 0.3) is 0 Å². The SMILES string of the molecule is COC(=O)ON1C[C@@H](c2ccc(OC)c(OC3Cc4ccccc4C3)c2)[C@](C)([C@H](C)O)C1. The van der Waals surface area contributed by atoms with E-state index in [1.54, 1.807) is 19.1 Å². The van der Waals surface area contributed by atoms with Crippen LogP contribution in [0, 0.1) is 5.41 Å². The molecule has 0 spiro atoms. The molecule has 7 heteroatoms. The predicted octanol–water partition coefficient (Wildman–Crippen LogP) is 3.73. The summed E-state index contributed by atoms with van der Waals surface area (Å²) >= 11 is 0. The average Bonchev–Trinajstić information content (AvgIpc) is 3.34. The Balaban J connectivity index is 1.58. The molecule has 4 rings (SSSR count). The number of benzene rings is 2. The molecule has 7 nitrogen and oxygen atoms in total. The molecule has 3 atom stereocenters. The molecule has 2 aliphatic rings. The highest BCUT2D eigenvalue weighted by molar-refractivity contribution is 5.59. The van der Waals surface area contributed by atoms with Crippen LogP contribution >= 0.6 is 0 Å². The zero-order valence-electron chi connectivity index (χ0n) is 19.0. The molecule has 2 aromatic rings. The van der Waals surface area contributed by atoms with E-state index >= 15 is 0 Å². The molecule has 0 aromatic heterocycles. The Kier molecular flexibility index (Phi) is 6.31. The van der Waals surface area contributed by atoms with Crippen molar-refractivity contribution in [2.75, 3.05) is 27.3 Å². The number of methoxy groups -OCH3 is 2. The molecule has 0 bridgehead atoms. The molecular weight excluding hydrogens is 410 g/mol. The third-order valence-corrected chi connectivity index (χ3v) is 6.92. The van der Waals surface area contributed by atoms with Crippen molar-refractivity contribution in [1.82, 2.24) is 5.06 Å². The van der Waals surface area contributed by atoms with Gasteiger partial charge in [-0.05, 0) is 35.7 Å². The maximum Gasteiger partial charge on any atom is 0.527 e. The van der Waals surface area contributed by atoms with Crippen LogP contribution in [0.1, 0.15) is 36.5 Å². The molecule has 0 radical (unpaired) electrons. The summed E-state index contributed by atoms with van der Waals surface area (Å²) in [7, 11) is 2.91. The molecule has 1 fully saturated rings. The van der Waals surface area contributed by atoms with E-state index in [2.05, 4.69) is 29.0 Å². The molecule has 2 aromatic carbocycles. The highest BCUT2D eigenvalue weighted by Crippen LogP contribution is 2.47. The Morgan fingerprint density at radius 2 is 1.81 bits per heavy atom. The second-order valence-electron chi connectivity index (χ2n) is 8.93. The lowest BCUT2D eigenvalue weighted by molar-refractivity contribution is -0.118. The number of fused-ring (bicyclic) bond motifs is 1. The van der Waals surface area contributed by atoms with Crippen LogP contribution in [0.2, 0.25) is 0 Å². The quantitative estimate of drug-likeness (QED) is 0.685. The number of aliphatic hydroxyl groups excluding tert-OH is 1. The minimum Gasteiger partial charge on any atom is -0.493 e. The number of nitrogens with zero attached hydrogens (tertiary/aromatic N) is 1. The van der Waals surface area contributed by atoms with Gasteiger partial charge >= 0.3 is 6.16 Å². The molecule has 32 heavy (non-hydrogen) atoms. The first-order valence-corrected chi connectivity index (χ1v) is 10.9. The number of aliphatic hydroxyl groups is 1. The van der Waals surface area contributed by atoms with Crippen molar-refractivity contribution in [3.63, 3.8) is 0 Å². The molecule has 0 unspecified atom stereocenters. The van der Waals surface area contributed by atoms with Crippen molar-refractivity contribution in [3.8, 4) is 11.5 Å². The summed E-state index contributed by atoms with van der Waals surface area (Å²) < 4.78 is 16.6. The fourth-order valence-electron chi connectivity index (χ4n) is 4.87. The molecular formula is C25H31NO6. The minimum absolute atomic E-state index is 0.0439. The topological polar surface area (TPSA) is 77.5 Å². The minimum atomic E-state index is -0.766. The van der Waals surface area contributed by atoms with E-state index in [0.29, 0.717) is 24.6 Å². The van der Waals surface area contributed by atoms with E-state index in [1.807, 2.05) is 25.1 Å². The molecule has 172 valence electrons. The first-order chi connectivity index (χ1) is 15.3. The fourth-order valence-corrected chi connectivity index (χ4v) is 4.87.